The molecule has 11 heteroatoms. The van der Waals surface area contributed by atoms with E-state index in [0.717, 1.165) is 39.3 Å². The van der Waals surface area contributed by atoms with Crippen molar-refractivity contribution in [3.8, 4) is 28.7 Å². The summed E-state index contributed by atoms with van der Waals surface area (Å²) >= 11 is 0. The molecule has 218 valence electrons. The van der Waals surface area contributed by atoms with Crippen LogP contribution in [0.4, 0.5) is 0 Å². The molecule has 0 aromatic heterocycles. The fourth-order valence-corrected chi connectivity index (χ4v) is 6.05. The molecule has 1 amide bonds. The van der Waals surface area contributed by atoms with Gasteiger partial charge in [-0.2, -0.15) is 0 Å². The number of rotatable bonds is 10. The lowest BCUT2D eigenvalue weighted by atomic mass is 9.64. The van der Waals surface area contributed by atoms with Crippen LogP contribution in [0.2, 0.25) is 0 Å². The van der Waals surface area contributed by atoms with E-state index in [1.165, 1.54) is 21.3 Å². The van der Waals surface area contributed by atoms with E-state index in [-0.39, 0.29) is 19.3 Å². The van der Waals surface area contributed by atoms with Gasteiger partial charge in [0.25, 0.3) is 0 Å². The second-order valence-corrected chi connectivity index (χ2v) is 10.2. The van der Waals surface area contributed by atoms with E-state index >= 15 is 0 Å². The number of aliphatic hydroxyl groups is 2. The molecular weight excluding hydrogens is 520 g/mol. The highest BCUT2D eigenvalue weighted by Gasteiger charge is 2.47. The molecule has 0 saturated carbocycles. The van der Waals surface area contributed by atoms with E-state index in [1.54, 1.807) is 6.07 Å². The van der Waals surface area contributed by atoms with E-state index < -0.39 is 23.9 Å². The third-order valence-electron chi connectivity index (χ3n) is 8.07. The molecule has 0 radical (unpaired) electrons. The van der Waals surface area contributed by atoms with Crippen molar-refractivity contribution in [3.05, 3.63) is 41.0 Å². The second-order valence-electron chi connectivity index (χ2n) is 10.2. The molecule has 1 fully saturated rings. The Morgan fingerprint density at radius 2 is 1.65 bits per heavy atom. The minimum Gasteiger partial charge on any atom is -0.493 e. The lowest BCUT2D eigenvalue weighted by Crippen LogP contribution is -2.46. The summed E-state index contributed by atoms with van der Waals surface area (Å²) in [5, 5.41) is 25.0. The molecule has 0 bridgehead atoms. The van der Waals surface area contributed by atoms with Gasteiger partial charge in [-0.15, -0.1) is 0 Å². The van der Waals surface area contributed by atoms with E-state index in [2.05, 4.69) is 10.2 Å². The standard InChI is InChI=1S/C29H38N2O9/c1-35-23-11-17(12-24(36-2)28(23)37-3)25-18-13-21-22(40-16-39-21)14-19(18)27(33)20(15-32)26(25)29(34)30-5-4-6-31-7-9-38-10-8-31/h11-14,20,25-27,32-33H,4-10,15-16H2,1-3H3,(H,30,34)/t20-,25+,26-,27-/m0/s1. The minimum absolute atomic E-state index is 0.0691. The number of fused-ring (bicyclic) bond motifs is 2. The molecule has 3 aliphatic rings. The zero-order valence-corrected chi connectivity index (χ0v) is 23.2. The molecule has 2 aliphatic heterocycles. The number of nitrogens with zero attached hydrogens (tertiary/aromatic N) is 1. The molecule has 0 unspecified atom stereocenters. The Morgan fingerprint density at radius 3 is 2.25 bits per heavy atom. The Labute approximate surface area is 233 Å². The van der Waals surface area contributed by atoms with E-state index in [0.29, 0.717) is 52.0 Å². The number of methoxy groups -OCH3 is 3. The van der Waals surface area contributed by atoms with Crippen LogP contribution in [0.1, 0.15) is 35.1 Å². The highest BCUT2D eigenvalue weighted by Crippen LogP contribution is 2.53. The molecule has 11 nitrogen and oxygen atoms in total. The average molecular weight is 559 g/mol. The summed E-state index contributed by atoms with van der Waals surface area (Å²) < 4.78 is 33.4. The van der Waals surface area contributed by atoms with Gasteiger partial charge < -0.3 is 44.0 Å². The van der Waals surface area contributed by atoms with Crippen LogP contribution in [0.5, 0.6) is 28.7 Å². The molecule has 3 N–H and O–H groups in total. The molecule has 4 atom stereocenters. The first kappa shape index (κ1) is 28.3. The fraction of sp³-hybridized carbons (Fsp3) is 0.552. The SMILES string of the molecule is COc1cc([C@@H]2c3cc4c(cc3[C@H](O)[C@@H](CO)[C@@H]2C(=O)NCCCN2CCOCC2)OCO4)cc(OC)c1OC. The van der Waals surface area contributed by atoms with Crippen LogP contribution >= 0.6 is 0 Å². The summed E-state index contributed by atoms with van der Waals surface area (Å²) in [7, 11) is 4.60. The number of amides is 1. The Kier molecular flexibility index (Phi) is 8.84. The Hall–Kier alpha value is -3.25. The number of hydrogen-bond acceptors (Lipinski definition) is 10. The van der Waals surface area contributed by atoms with Crippen molar-refractivity contribution < 1.29 is 43.4 Å². The molecule has 5 rings (SSSR count). The summed E-state index contributed by atoms with van der Waals surface area (Å²) in [6.45, 7) is 4.20. The van der Waals surface area contributed by atoms with Crippen molar-refractivity contribution in [2.75, 3.05) is 74.1 Å². The maximum Gasteiger partial charge on any atom is 0.231 e. The van der Waals surface area contributed by atoms with Crippen LogP contribution in [0, 0.1) is 11.8 Å². The van der Waals surface area contributed by atoms with E-state index in [1.807, 2.05) is 18.2 Å². The first-order valence-corrected chi connectivity index (χ1v) is 13.6. The zero-order valence-electron chi connectivity index (χ0n) is 23.2. The van der Waals surface area contributed by atoms with Gasteiger partial charge in [0.2, 0.25) is 18.4 Å². The summed E-state index contributed by atoms with van der Waals surface area (Å²) in [4.78, 5) is 16.2. The van der Waals surface area contributed by atoms with Crippen LogP contribution < -0.4 is 29.0 Å². The Morgan fingerprint density at radius 1 is 1.00 bits per heavy atom. The number of aliphatic hydroxyl groups excluding tert-OH is 2. The predicted molar refractivity (Wildman–Crippen MR) is 144 cm³/mol. The van der Waals surface area contributed by atoms with Crippen LogP contribution in [-0.4, -0.2) is 95.1 Å². The number of morpholine rings is 1. The Balaban J connectivity index is 1.52. The number of carbonyl (C=O) groups is 1. The molecule has 40 heavy (non-hydrogen) atoms. The molecular formula is C29H38N2O9. The van der Waals surface area contributed by atoms with E-state index in [4.69, 9.17) is 28.4 Å². The van der Waals surface area contributed by atoms with Gasteiger partial charge in [0.15, 0.2) is 23.0 Å². The number of carbonyl (C=O) groups excluding carboxylic acids is 1. The van der Waals surface area contributed by atoms with Crippen LogP contribution in [0.15, 0.2) is 24.3 Å². The molecule has 1 saturated heterocycles. The molecule has 1 aliphatic carbocycles. The van der Waals surface area contributed by atoms with Gasteiger partial charge in [-0.05, 0) is 53.9 Å². The van der Waals surface area contributed by atoms with Crippen molar-refractivity contribution in [1.29, 1.82) is 0 Å². The van der Waals surface area contributed by atoms with Crippen LogP contribution in [-0.2, 0) is 9.53 Å². The zero-order chi connectivity index (χ0) is 28.2. The third-order valence-corrected chi connectivity index (χ3v) is 8.07. The number of nitrogens with one attached hydrogen (secondary N) is 1. The summed E-state index contributed by atoms with van der Waals surface area (Å²) in [6.07, 6.45) is -0.313. The lowest BCUT2D eigenvalue weighted by molar-refractivity contribution is -0.131. The van der Waals surface area contributed by atoms with Crippen molar-refractivity contribution in [2.24, 2.45) is 11.8 Å². The van der Waals surface area contributed by atoms with Gasteiger partial charge in [-0.1, -0.05) is 0 Å². The Bertz CT molecular complexity index is 1180. The van der Waals surface area contributed by atoms with Gasteiger partial charge in [0, 0.05) is 38.1 Å². The number of ether oxygens (including phenoxy) is 6. The summed E-state index contributed by atoms with van der Waals surface area (Å²) in [5.41, 5.74) is 2.01. The van der Waals surface area contributed by atoms with Crippen LogP contribution in [0.25, 0.3) is 0 Å². The summed E-state index contributed by atoms with van der Waals surface area (Å²) in [6, 6.07) is 7.18. The first-order chi connectivity index (χ1) is 19.5. The van der Waals surface area contributed by atoms with Gasteiger partial charge >= 0.3 is 0 Å². The molecule has 2 aromatic rings. The van der Waals surface area contributed by atoms with Gasteiger partial charge in [-0.3, -0.25) is 9.69 Å². The highest BCUT2D eigenvalue weighted by molar-refractivity contribution is 5.82. The molecule has 2 aromatic carbocycles. The average Bonchev–Trinajstić information content (AvgIpc) is 3.45. The maximum absolute atomic E-state index is 13.9. The first-order valence-electron chi connectivity index (χ1n) is 13.6. The van der Waals surface area contributed by atoms with Gasteiger partial charge in [0.05, 0.1) is 46.6 Å². The third kappa shape index (κ3) is 5.38. The highest BCUT2D eigenvalue weighted by atomic mass is 16.7. The normalized spacial score (nSPS) is 23.8. The van der Waals surface area contributed by atoms with Crippen LogP contribution in [0.3, 0.4) is 0 Å². The molecule has 0 spiro atoms. The quantitative estimate of drug-likeness (QED) is 0.371. The summed E-state index contributed by atoms with van der Waals surface area (Å²) in [5.74, 6) is -0.000588. The fourth-order valence-electron chi connectivity index (χ4n) is 6.05. The van der Waals surface area contributed by atoms with E-state index in [9.17, 15) is 15.0 Å². The van der Waals surface area contributed by atoms with Gasteiger partial charge in [-0.25, -0.2) is 0 Å². The number of benzene rings is 2. The van der Waals surface area contributed by atoms with Crippen molar-refractivity contribution in [2.45, 2.75) is 18.4 Å². The number of hydrogen-bond donors (Lipinski definition) is 3. The largest absolute Gasteiger partial charge is 0.493 e. The molecule has 2 heterocycles. The van der Waals surface area contributed by atoms with Crippen molar-refractivity contribution in [3.63, 3.8) is 0 Å². The lowest BCUT2D eigenvalue weighted by Gasteiger charge is -2.41. The van der Waals surface area contributed by atoms with Gasteiger partial charge in [0.1, 0.15) is 0 Å². The minimum atomic E-state index is -1.09. The second kappa shape index (κ2) is 12.5. The topological polar surface area (TPSA) is 128 Å². The van der Waals surface area contributed by atoms with Crippen molar-refractivity contribution >= 4 is 5.91 Å². The monoisotopic (exact) mass is 558 g/mol. The predicted octanol–water partition coefficient (Wildman–Crippen LogP) is 1.68. The van der Waals surface area contributed by atoms with Crippen molar-refractivity contribution in [1.82, 2.24) is 10.2 Å². The smallest absolute Gasteiger partial charge is 0.231 e. The maximum atomic E-state index is 13.9.